The van der Waals surface area contributed by atoms with Crippen molar-refractivity contribution in [3.8, 4) is 0 Å². The maximum absolute atomic E-state index is 12.1. The van der Waals surface area contributed by atoms with Crippen LogP contribution in [0.4, 0.5) is 0 Å². The van der Waals surface area contributed by atoms with Crippen LogP contribution in [0.15, 0.2) is 42.5 Å². The molecule has 2 N–H and O–H groups in total. The van der Waals surface area contributed by atoms with Gasteiger partial charge in [-0.25, -0.2) is 0 Å². The third-order valence-electron chi connectivity index (χ3n) is 3.25. The normalized spacial score (nSPS) is 11.9. The fraction of sp³-hybridized carbons (Fsp3) is 0.294. The Morgan fingerprint density at radius 1 is 1.14 bits per heavy atom. The van der Waals surface area contributed by atoms with Crippen LogP contribution in [0.3, 0.4) is 0 Å². The molecule has 5 heteroatoms. The Kier molecular flexibility index (Phi) is 5.49. The van der Waals surface area contributed by atoms with Crippen LogP contribution in [0.2, 0.25) is 0 Å². The van der Waals surface area contributed by atoms with Crippen LogP contribution >= 0.6 is 0 Å². The highest BCUT2D eigenvalue weighted by molar-refractivity contribution is 5.99. The van der Waals surface area contributed by atoms with Gasteiger partial charge in [-0.15, -0.1) is 0 Å². The molecule has 0 saturated carbocycles. The van der Waals surface area contributed by atoms with Crippen molar-refractivity contribution in [1.82, 2.24) is 10.6 Å². The second kappa shape index (κ2) is 7.56. The number of carbonyl (C=O) groups is 2. The molecule has 0 aliphatic heterocycles. The zero-order valence-electron chi connectivity index (χ0n) is 12.8. The molecule has 0 aliphatic rings. The van der Waals surface area contributed by atoms with Crippen molar-refractivity contribution < 1.29 is 14.3 Å². The third kappa shape index (κ3) is 4.30. The molecular weight excluding hydrogens is 280 g/mol. The summed E-state index contributed by atoms with van der Waals surface area (Å²) in [4.78, 5) is 23.8. The average molecular weight is 300 g/mol. The van der Waals surface area contributed by atoms with E-state index in [1.165, 1.54) is 0 Å². The molecule has 2 aromatic carbocycles. The minimum absolute atomic E-state index is 0.0558. The van der Waals surface area contributed by atoms with Crippen LogP contribution in [-0.2, 0) is 9.53 Å². The standard InChI is InChI=1S/C17H20N2O3/c1-12(11-22-2)19-16(20)10-18-17(21)15-8-7-13-5-3-4-6-14(13)9-15/h3-9,12H,10-11H2,1-2H3,(H,18,21)(H,19,20)/t12-/m1/s1. The smallest absolute Gasteiger partial charge is 0.251 e. The van der Waals surface area contributed by atoms with Gasteiger partial charge in [-0.1, -0.05) is 30.3 Å². The molecule has 0 aliphatic carbocycles. The van der Waals surface area contributed by atoms with E-state index in [2.05, 4.69) is 10.6 Å². The summed E-state index contributed by atoms with van der Waals surface area (Å²) in [6.45, 7) is 2.22. The highest BCUT2D eigenvalue weighted by atomic mass is 16.5. The van der Waals surface area contributed by atoms with Crippen LogP contribution in [0.25, 0.3) is 10.8 Å². The highest BCUT2D eigenvalue weighted by Crippen LogP contribution is 2.15. The summed E-state index contributed by atoms with van der Waals surface area (Å²) in [5.41, 5.74) is 0.538. The van der Waals surface area contributed by atoms with E-state index < -0.39 is 0 Å². The van der Waals surface area contributed by atoms with E-state index in [9.17, 15) is 9.59 Å². The molecule has 0 unspecified atom stereocenters. The monoisotopic (exact) mass is 300 g/mol. The second-order valence-electron chi connectivity index (χ2n) is 5.17. The number of rotatable bonds is 6. The van der Waals surface area contributed by atoms with E-state index in [-0.39, 0.29) is 24.4 Å². The molecule has 2 amide bonds. The summed E-state index contributed by atoms with van der Waals surface area (Å²) in [5.74, 6) is -0.501. The Bertz CT molecular complexity index is 670. The molecule has 2 rings (SSSR count). The second-order valence-corrected chi connectivity index (χ2v) is 5.17. The first-order valence-corrected chi connectivity index (χ1v) is 7.15. The van der Waals surface area contributed by atoms with E-state index in [4.69, 9.17) is 4.74 Å². The zero-order chi connectivity index (χ0) is 15.9. The van der Waals surface area contributed by atoms with Crippen molar-refractivity contribution in [2.45, 2.75) is 13.0 Å². The van der Waals surface area contributed by atoms with Crippen molar-refractivity contribution in [2.24, 2.45) is 0 Å². The number of ether oxygens (including phenoxy) is 1. The van der Waals surface area contributed by atoms with Crippen molar-refractivity contribution in [2.75, 3.05) is 20.3 Å². The van der Waals surface area contributed by atoms with Crippen LogP contribution in [0.5, 0.6) is 0 Å². The third-order valence-corrected chi connectivity index (χ3v) is 3.25. The number of fused-ring (bicyclic) bond motifs is 1. The van der Waals surface area contributed by atoms with Crippen molar-refractivity contribution in [1.29, 1.82) is 0 Å². The molecule has 2 aromatic rings. The first-order valence-electron chi connectivity index (χ1n) is 7.15. The summed E-state index contributed by atoms with van der Waals surface area (Å²) in [6, 6.07) is 13.2. The lowest BCUT2D eigenvalue weighted by Crippen LogP contribution is -2.42. The number of hydrogen-bond donors (Lipinski definition) is 2. The van der Waals surface area contributed by atoms with Gasteiger partial charge in [0.05, 0.1) is 13.2 Å². The average Bonchev–Trinajstić information content (AvgIpc) is 2.52. The van der Waals surface area contributed by atoms with Crippen LogP contribution in [0, 0.1) is 0 Å². The lowest BCUT2D eigenvalue weighted by molar-refractivity contribution is -0.121. The molecule has 116 valence electrons. The predicted molar refractivity (Wildman–Crippen MR) is 85.8 cm³/mol. The minimum Gasteiger partial charge on any atom is -0.383 e. The Balaban J connectivity index is 1.92. The fourth-order valence-corrected chi connectivity index (χ4v) is 2.21. The molecule has 5 nitrogen and oxygen atoms in total. The molecule has 0 spiro atoms. The summed E-state index contributed by atoms with van der Waals surface area (Å²) in [7, 11) is 1.57. The number of carbonyl (C=O) groups excluding carboxylic acids is 2. The van der Waals surface area contributed by atoms with Gasteiger partial charge in [-0.05, 0) is 29.8 Å². The Morgan fingerprint density at radius 2 is 1.86 bits per heavy atom. The van der Waals surface area contributed by atoms with Crippen LogP contribution in [0.1, 0.15) is 17.3 Å². The summed E-state index contributed by atoms with van der Waals surface area (Å²) >= 11 is 0. The van der Waals surface area contributed by atoms with Gasteiger partial charge < -0.3 is 15.4 Å². The van der Waals surface area contributed by atoms with E-state index in [0.717, 1.165) is 10.8 Å². The van der Waals surface area contributed by atoms with Crippen molar-refractivity contribution in [3.05, 3.63) is 48.0 Å². The number of methoxy groups -OCH3 is 1. The maximum Gasteiger partial charge on any atom is 0.251 e. The van der Waals surface area contributed by atoms with E-state index >= 15 is 0 Å². The van der Waals surface area contributed by atoms with Gasteiger partial charge in [-0.2, -0.15) is 0 Å². The first-order chi connectivity index (χ1) is 10.6. The predicted octanol–water partition coefficient (Wildman–Crippen LogP) is 1.72. The Morgan fingerprint density at radius 3 is 2.59 bits per heavy atom. The molecule has 0 bridgehead atoms. The van der Waals surface area contributed by atoms with Crippen LogP contribution in [-0.4, -0.2) is 38.1 Å². The molecule has 0 aromatic heterocycles. The Labute approximate surface area is 129 Å². The number of nitrogens with one attached hydrogen (secondary N) is 2. The van der Waals surface area contributed by atoms with E-state index in [1.807, 2.05) is 43.3 Å². The molecule has 0 radical (unpaired) electrons. The maximum atomic E-state index is 12.1. The molecule has 0 saturated heterocycles. The lowest BCUT2D eigenvalue weighted by Gasteiger charge is -2.13. The largest absolute Gasteiger partial charge is 0.383 e. The molecule has 0 fully saturated rings. The summed E-state index contributed by atoms with van der Waals surface area (Å²) in [6.07, 6.45) is 0. The van der Waals surface area contributed by atoms with Gasteiger partial charge in [0.25, 0.3) is 5.91 Å². The van der Waals surface area contributed by atoms with Gasteiger partial charge in [0.1, 0.15) is 0 Å². The van der Waals surface area contributed by atoms with Crippen molar-refractivity contribution >= 4 is 22.6 Å². The molecular formula is C17H20N2O3. The molecule has 0 heterocycles. The molecule has 1 atom stereocenters. The molecule has 22 heavy (non-hydrogen) atoms. The SMILES string of the molecule is COC[C@@H](C)NC(=O)CNC(=O)c1ccc2ccccc2c1. The number of benzene rings is 2. The highest BCUT2D eigenvalue weighted by Gasteiger charge is 2.10. The summed E-state index contributed by atoms with van der Waals surface area (Å²) < 4.78 is 4.94. The van der Waals surface area contributed by atoms with Gasteiger partial charge >= 0.3 is 0 Å². The van der Waals surface area contributed by atoms with Gasteiger partial charge in [0, 0.05) is 18.7 Å². The Hall–Kier alpha value is -2.40. The topological polar surface area (TPSA) is 67.4 Å². The van der Waals surface area contributed by atoms with E-state index in [1.54, 1.807) is 13.2 Å². The zero-order valence-corrected chi connectivity index (χ0v) is 12.8. The number of amides is 2. The van der Waals surface area contributed by atoms with E-state index in [0.29, 0.717) is 12.2 Å². The van der Waals surface area contributed by atoms with Gasteiger partial charge in [0.15, 0.2) is 0 Å². The quantitative estimate of drug-likeness (QED) is 0.853. The minimum atomic E-state index is -0.264. The fourth-order valence-electron chi connectivity index (χ4n) is 2.21. The first kappa shape index (κ1) is 16.0. The van der Waals surface area contributed by atoms with Crippen LogP contribution < -0.4 is 10.6 Å². The van der Waals surface area contributed by atoms with Gasteiger partial charge in [-0.3, -0.25) is 9.59 Å². The lowest BCUT2D eigenvalue weighted by atomic mass is 10.1. The van der Waals surface area contributed by atoms with Crippen molar-refractivity contribution in [3.63, 3.8) is 0 Å². The van der Waals surface area contributed by atoms with Gasteiger partial charge in [0.2, 0.25) is 5.91 Å². The number of hydrogen-bond acceptors (Lipinski definition) is 3. The summed E-state index contributed by atoms with van der Waals surface area (Å²) in [5, 5.41) is 7.43.